The molecule has 2 atom stereocenters. The van der Waals surface area contributed by atoms with E-state index in [9.17, 15) is 19.2 Å². The van der Waals surface area contributed by atoms with Crippen LogP contribution in [-0.2, 0) is 36.7 Å². The highest BCUT2D eigenvalue weighted by atomic mass is 32.1. The average molecular weight is 452 g/mol. The Hall–Kier alpha value is -2.46. The van der Waals surface area contributed by atoms with Crippen LogP contribution in [0.1, 0.15) is 47.5 Å². The van der Waals surface area contributed by atoms with Gasteiger partial charge in [-0.15, -0.1) is 11.3 Å². The predicted molar refractivity (Wildman–Crippen MR) is 115 cm³/mol. The van der Waals surface area contributed by atoms with E-state index in [4.69, 9.17) is 4.74 Å². The van der Waals surface area contributed by atoms with Gasteiger partial charge in [-0.1, -0.05) is 6.92 Å². The van der Waals surface area contributed by atoms with E-state index in [0.717, 1.165) is 29.7 Å². The first-order valence-corrected chi connectivity index (χ1v) is 11.4. The molecule has 170 valence electrons. The summed E-state index contributed by atoms with van der Waals surface area (Å²) in [5.74, 6) is -1.07. The first-order chi connectivity index (χ1) is 14.8. The maximum atomic E-state index is 12.9. The van der Waals surface area contributed by atoms with Crippen LogP contribution in [0.25, 0.3) is 0 Å². The minimum Gasteiger partial charge on any atom is -0.469 e. The van der Waals surface area contributed by atoms with E-state index in [1.165, 1.54) is 18.4 Å². The van der Waals surface area contributed by atoms with Crippen molar-refractivity contribution in [2.24, 2.45) is 5.92 Å². The summed E-state index contributed by atoms with van der Waals surface area (Å²) in [6, 6.07) is -0.770. The van der Waals surface area contributed by atoms with Crippen LogP contribution in [0, 0.1) is 5.92 Å². The van der Waals surface area contributed by atoms with Crippen LogP contribution in [0.2, 0.25) is 0 Å². The number of nitrogens with one attached hydrogen (secondary N) is 2. The first-order valence-electron chi connectivity index (χ1n) is 10.5. The van der Waals surface area contributed by atoms with Crippen LogP contribution >= 0.6 is 11.3 Å². The molecule has 2 N–H and O–H groups in total. The molecule has 2 heterocycles. The Kier molecular flexibility index (Phi) is 7.66. The van der Waals surface area contributed by atoms with Crippen LogP contribution < -0.4 is 10.6 Å². The third-order valence-corrected chi connectivity index (χ3v) is 6.79. The van der Waals surface area contributed by atoms with Crippen LogP contribution in [0.5, 0.6) is 0 Å². The van der Waals surface area contributed by atoms with E-state index in [-0.39, 0.29) is 31.4 Å². The van der Waals surface area contributed by atoms with E-state index in [1.807, 2.05) is 0 Å². The Bertz CT molecular complexity index is 868. The first kappa shape index (κ1) is 23.2. The van der Waals surface area contributed by atoms with Crippen molar-refractivity contribution in [1.82, 2.24) is 10.2 Å². The minimum absolute atomic E-state index is 0.0731. The highest BCUT2D eigenvalue weighted by Gasteiger charge is 2.34. The molecule has 1 aliphatic heterocycles. The lowest BCUT2D eigenvalue weighted by Crippen LogP contribution is -2.57. The maximum Gasteiger partial charge on any atom is 0.341 e. The van der Waals surface area contributed by atoms with Crippen LogP contribution in [0.4, 0.5) is 5.00 Å². The van der Waals surface area contributed by atoms with Crippen molar-refractivity contribution in [2.45, 2.75) is 45.6 Å². The second-order valence-electron chi connectivity index (χ2n) is 7.88. The summed E-state index contributed by atoms with van der Waals surface area (Å²) in [4.78, 5) is 52.2. The number of thiophene rings is 1. The Balaban J connectivity index is 1.77. The molecule has 0 bridgehead atoms. The molecule has 2 amide bonds. The number of methoxy groups -OCH3 is 1. The topological polar surface area (TPSA) is 114 Å². The summed E-state index contributed by atoms with van der Waals surface area (Å²) in [6.07, 6.45) is 2.51. The summed E-state index contributed by atoms with van der Waals surface area (Å²) in [5.41, 5.74) is 1.42. The standard InChI is InChI=1S/C21H29N3O6S/c1-4-30-21(28)18-13-6-5-12(2)9-15(13)31-20(18)23-16(25)11-24-8-7-22-19(27)14(24)10-17(26)29-3/h12,14H,4-11H2,1-3H3,(H,22,27)(H,23,25). The summed E-state index contributed by atoms with van der Waals surface area (Å²) < 4.78 is 9.91. The molecule has 0 aromatic carbocycles. The summed E-state index contributed by atoms with van der Waals surface area (Å²) >= 11 is 1.42. The van der Waals surface area contributed by atoms with Gasteiger partial charge in [0.05, 0.1) is 32.2 Å². The molecule has 31 heavy (non-hydrogen) atoms. The smallest absolute Gasteiger partial charge is 0.341 e. The van der Waals surface area contributed by atoms with E-state index in [0.29, 0.717) is 29.6 Å². The molecule has 1 aromatic heterocycles. The van der Waals surface area contributed by atoms with Crippen LogP contribution in [-0.4, -0.2) is 68.0 Å². The Morgan fingerprint density at radius 1 is 1.32 bits per heavy atom. The number of nitrogens with zero attached hydrogens (tertiary/aromatic N) is 1. The van der Waals surface area contributed by atoms with Gasteiger partial charge in [-0.3, -0.25) is 19.3 Å². The molecule has 1 aromatic rings. The van der Waals surface area contributed by atoms with Crippen molar-refractivity contribution in [1.29, 1.82) is 0 Å². The van der Waals surface area contributed by atoms with Crippen LogP contribution in [0.15, 0.2) is 0 Å². The lowest BCUT2D eigenvalue weighted by atomic mass is 9.88. The van der Waals surface area contributed by atoms with Gasteiger partial charge in [0, 0.05) is 18.0 Å². The second-order valence-corrected chi connectivity index (χ2v) is 8.99. The second kappa shape index (κ2) is 10.2. The van der Waals surface area contributed by atoms with Gasteiger partial charge >= 0.3 is 11.9 Å². The van der Waals surface area contributed by atoms with E-state index in [1.54, 1.807) is 11.8 Å². The van der Waals surface area contributed by atoms with E-state index < -0.39 is 18.0 Å². The number of esters is 2. The van der Waals surface area contributed by atoms with Gasteiger partial charge in [0.25, 0.3) is 0 Å². The SMILES string of the molecule is CCOC(=O)c1c(NC(=O)CN2CCNC(=O)C2CC(=O)OC)sc2c1CCC(C)C2. The molecule has 3 rings (SSSR count). The largest absolute Gasteiger partial charge is 0.469 e. The third-order valence-electron chi connectivity index (χ3n) is 5.62. The van der Waals surface area contributed by atoms with Crippen molar-refractivity contribution in [3.05, 3.63) is 16.0 Å². The monoisotopic (exact) mass is 451 g/mol. The molecule has 10 heteroatoms. The Morgan fingerprint density at radius 3 is 2.81 bits per heavy atom. The summed E-state index contributed by atoms with van der Waals surface area (Å²) in [6.45, 7) is 4.93. The number of piperazine rings is 1. The van der Waals surface area contributed by atoms with Gasteiger partial charge in [-0.2, -0.15) is 0 Å². The minimum atomic E-state index is -0.770. The van der Waals surface area contributed by atoms with Gasteiger partial charge in [0.15, 0.2) is 0 Å². The number of amides is 2. The zero-order chi connectivity index (χ0) is 22.5. The van der Waals surface area contributed by atoms with Gasteiger partial charge < -0.3 is 20.1 Å². The average Bonchev–Trinajstić information content (AvgIpc) is 3.07. The zero-order valence-corrected chi connectivity index (χ0v) is 18.9. The molecule has 0 saturated carbocycles. The summed E-state index contributed by atoms with van der Waals surface area (Å²) in [5, 5.41) is 6.07. The lowest BCUT2D eigenvalue weighted by Gasteiger charge is -2.33. The molecule has 2 aliphatic rings. The predicted octanol–water partition coefficient (Wildman–Crippen LogP) is 1.35. The molecule has 0 radical (unpaired) electrons. The third kappa shape index (κ3) is 5.43. The van der Waals surface area contributed by atoms with Crippen LogP contribution in [0.3, 0.4) is 0 Å². The number of carbonyl (C=O) groups excluding carboxylic acids is 4. The fourth-order valence-electron chi connectivity index (χ4n) is 4.02. The number of hydrogen-bond donors (Lipinski definition) is 2. The lowest BCUT2D eigenvalue weighted by molar-refractivity contribution is -0.146. The Morgan fingerprint density at radius 2 is 2.10 bits per heavy atom. The highest BCUT2D eigenvalue weighted by molar-refractivity contribution is 7.17. The number of anilines is 1. The number of carbonyl (C=O) groups is 4. The van der Waals surface area contributed by atoms with Gasteiger partial charge in [0.2, 0.25) is 11.8 Å². The molecular formula is C21H29N3O6S. The maximum absolute atomic E-state index is 12.9. The van der Waals surface area contributed by atoms with Crippen molar-refractivity contribution in [3.63, 3.8) is 0 Å². The van der Waals surface area contributed by atoms with Crippen molar-refractivity contribution in [3.8, 4) is 0 Å². The molecule has 0 spiro atoms. The molecule has 1 fully saturated rings. The van der Waals surface area contributed by atoms with Gasteiger partial charge in [-0.05, 0) is 37.7 Å². The normalized spacial score (nSPS) is 21.1. The van der Waals surface area contributed by atoms with Gasteiger partial charge in [0.1, 0.15) is 11.0 Å². The number of rotatable bonds is 7. The molecule has 2 unspecified atom stereocenters. The zero-order valence-electron chi connectivity index (χ0n) is 18.1. The van der Waals surface area contributed by atoms with Crippen molar-refractivity contribution in [2.75, 3.05) is 38.7 Å². The highest BCUT2D eigenvalue weighted by Crippen LogP contribution is 2.40. The van der Waals surface area contributed by atoms with E-state index >= 15 is 0 Å². The van der Waals surface area contributed by atoms with E-state index in [2.05, 4.69) is 22.3 Å². The number of hydrogen-bond acceptors (Lipinski definition) is 8. The molecule has 9 nitrogen and oxygen atoms in total. The quantitative estimate of drug-likeness (QED) is 0.602. The fourth-order valence-corrected chi connectivity index (χ4v) is 5.44. The number of ether oxygens (including phenoxy) is 2. The summed E-state index contributed by atoms with van der Waals surface area (Å²) in [7, 11) is 1.26. The molecule has 1 saturated heterocycles. The fraction of sp³-hybridized carbons (Fsp3) is 0.619. The number of fused-ring (bicyclic) bond motifs is 1. The molecular weight excluding hydrogens is 422 g/mol. The van der Waals surface area contributed by atoms with Crippen molar-refractivity contribution >= 4 is 40.1 Å². The Labute approximate surface area is 185 Å². The van der Waals surface area contributed by atoms with Gasteiger partial charge in [-0.25, -0.2) is 4.79 Å². The van der Waals surface area contributed by atoms with Crippen molar-refractivity contribution < 1.29 is 28.7 Å². The molecule has 1 aliphatic carbocycles.